The Labute approximate surface area is 204 Å². The Kier molecular flexibility index (Phi) is 6.68. The van der Waals surface area contributed by atoms with E-state index in [0.717, 1.165) is 58.3 Å². The van der Waals surface area contributed by atoms with Crippen LogP contribution in [0.25, 0.3) is 21.8 Å². The van der Waals surface area contributed by atoms with Gasteiger partial charge in [0.15, 0.2) is 0 Å². The Bertz CT molecular complexity index is 1430. The van der Waals surface area contributed by atoms with Gasteiger partial charge in [0.1, 0.15) is 23.9 Å². The number of hydrogen-bond donors (Lipinski definition) is 0. The van der Waals surface area contributed by atoms with Gasteiger partial charge in [0.05, 0.1) is 17.6 Å². The Balaban J connectivity index is 1.23. The maximum atomic E-state index is 6.16. The largest absolute Gasteiger partial charge is 0.494 e. The highest BCUT2D eigenvalue weighted by Gasteiger charge is 2.11. The van der Waals surface area contributed by atoms with E-state index in [9.17, 15) is 0 Å². The van der Waals surface area contributed by atoms with Gasteiger partial charge in [0, 0.05) is 11.6 Å². The number of benzene rings is 4. The molecule has 5 rings (SSSR count). The fourth-order valence-electron chi connectivity index (χ4n) is 4.16. The summed E-state index contributed by atoms with van der Waals surface area (Å²) in [7, 11) is 0. The summed E-state index contributed by atoms with van der Waals surface area (Å²) in [4.78, 5) is 4.85. The molecular formula is C29H27ClN2O2. The van der Waals surface area contributed by atoms with Crippen LogP contribution in [0.5, 0.6) is 11.5 Å². The van der Waals surface area contributed by atoms with Crippen LogP contribution in [-0.2, 0) is 13.2 Å². The van der Waals surface area contributed by atoms with Crippen molar-refractivity contribution in [3.63, 3.8) is 0 Å². The van der Waals surface area contributed by atoms with Crippen molar-refractivity contribution in [3.05, 3.63) is 101 Å². The lowest BCUT2D eigenvalue weighted by molar-refractivity contribution is 0.285. The predicted molar refractivity (Wildman–Crippen MR) is 139 cm³/mol. The van der Waals surface area contributed by atoms with Crippen molar-refractivity contribution in [3.8, 4) is 11.5 Å². The first-order valence-corrected chi connectivity index (χ1v) is 12.0. The summed E-state index contributed by atoms with van der Waals surface area (Å²) < 4.78 is 14.3. The van der Waals surface area contributed by atoms with Crippen molar-refractivity contribution < 1.29 is 9.47 Å². The zero-order chi connectivity index (χ0) is 23.3. The van der Waals surface area contributed by atoms with Gasteiger partial charge in [0.25, 0.3) is 0 Å². The SMILES string of the molecule is Cc1cc(OCCCCn2c(COc3ccc4ccccc4c3)nc3ccccc32)ccc1Cl. The molecule has 0 N–H and O–H groups in total. The number of unbranched alkanes of at least 4 members (excludes halogenated alkanes) is 1. The van der Waals surface area contributed by atoms with Crippen LogP contribution >= 0.6 is 11.6 Å². The summed E-state index contributed by atoms with van der Waals surface area (Å²) in [6.45, 7) is 3.94. The van der Waals surface area contributed by atoms with Gasteiger partial charge >= 0.3 is 0 Å². The maximum absolute atomic E-state index is 6.16. The fraction of sp³-hybridized carbons (Fsp3) is 0.207. The van der Waals surface area contributed by atoms with Crippen LogP contribution in [0.2, 0.25) is 5.02 Å². The predicted octanol–water partition coefficient (Wildman–Crippen LogP) is 7.59. The van der Waals surface area contributed by atoms with E-state index in [1.807, 2.05) is 49.4 Å². The molecule has 0 saturated carbocycles. The molecule has 1 aromatic heterocycles. The molecule has 4 aromatic carbocycles. The molecule has 5 heteroatoms. The van der Waals surface area contributed by atoms with Crippen molar-refractivity contribution in [1.29, 1.82) is 0 Å². The third-order valence-corrected chi connectivity index (χ3v) is 6.42. The second kappa shape index (κ2) is 10.2. The number of rotatable bonds is 9. The van der Waals surface area contributed by atoms with Crippen molar-refractivity contribution in [2.75, 3.05) is 6.61 Å². The molecule has 0 radical (unpaired) electrons. The summed E-state index contributed by atoms with van der Waals surface area (Å²) in [6, 6.07) is 28.5. The van der Waals surface area contributed by atoms with Crippen molar-refractivity contribution in [2.24, 2.45) is 0 Å². The number of halogens is 1. The molecule has 0 unspecified atom stereocenters. The first-order chi connectivity index (χ1) is 16.7. The molecule has 1 heterocycles. The Morgan fingerprint density at radius 1 is 0.794 bits per heavy atom. The highest BCUT2D eigenvalue weighted by molar-refractivity contribution is 6.31. The minimum atomic E-state index is 0.424. The van der Waals surface area contributed by atoms with Crippen LogP contribution in [0.1, 0.15) is 24.2 Å². The molecule has 172 valence electrons. The number of aromatic nitrogens is 2. The van der Waals surface area contributed by atoms with Crippen LogP contribution in [0, 0.1) is 6.92 Å². The number of hydrogen-bond acceptors (Lipinski definition) is 3. The van der Waals surface area contributed by atoms with E-state index in [4.69, 9.17) is 26.1 Å². The molecule has 0 aliphatic rings. The standard InChI is InChI=1S/C29H27ClN2O2/c1-21-18-24(14-15-26(21)30)33-17-7-6-16-32-28-11-5-4-10-27(28)31-29(32)20-34-25-13-12-22-8-2-3-9-23(22)19-25/h2-5,8-15,18-19H,6-7,16-17,20H2,1H3. The molecule has 0 spiro atoms. The molecule has 0 saturated heterocycles. The van der Waals surface area contributed by atoms with Crippen LogP contribution in [0.3, 0.4) is 0 Å². The normalized spacial score (nSPS) is 11.2. The third-order valence-electron chi connectivity index (χ3n) is 6.00. The number of fused-ring (bicyclic) bond motifs is 2. The Morgan fingerprint density at radius 2 is 1.56 bits per heavy atom. The molecular weight excluding hydrogens is 444 g/mol. The molecule has 0 amide bonds. The Hall–Kier alpha value is -3.50. The molecule has 0 bridgehead atoms. The fourth-order valence-corrected chi connectivity index (χ4v) is 4.28. The minimum Gasteiger partial charge on any atom is -0.494 e. The highest BCUT2D eigenvalue weighted by atomic mass is 35.5. The van der Waals surface area contributed by atoms with Gasteiger partial charge in [-0.3, -0.25) is 0 Å². The first kappa shape index (κ1) is 22.3. The second-order valence-electron chi connectivity index (χ2n) is 8.43. The average molecular weight is 471 g/mol. The van der Waals surface area contributed by atoms with Crippen LogP contribution < -0.4 is 9.47 Å². The third kappa shape index (κ3) is 5.02. The number of para-hydroxylation sites is 2. The molecule has 0 aliphatic heterocycles. The molecule has 0 aliphatic carbocycles. The minimum absolute atomic E-state index is 0.424. The van der Waals surface area contributed by atoms with Crippen LogP contribution in [0.15, 0.2) is 84.9 Å². The highest BCUT2D eigenvalue weighted by Crippen LogP contribution is 2.24. The van der Waals surface area contributed by atoms with Gasteiger partial charge in [-0.05, 0) is 78.6 Å². The van der Waals surface area contributed by atoms with Gasteiger partial charge in [-0.1, -0.05) is 54.1 Å². The van der Waals surface area contributed by atoms with Gasteiger partial charge in [0.2, 0.25) is 0 Å². The summed E-state index contributed by atoms with van der Waals surface area (Å²) in [5.74, 6) is 2.65. The zero-order valence-electron chi connectivity index (χ0n) is 19.2. The topological polar surface area (TPSA) is 36.3 Å². The molecule has 5 aromatic rings. The van der Waals surface area contributed by atoms with Crippen LogP contribution in [-0.4, -0.2) is 16.2 Å². The van der Waals surface area contributed by atoms with E-state index >= 15 is 0 Å². The first-order valence-electron chi connectivity index (χ1n) is 11.6. The number of ether oxygens (including phenoxy) is 2. The maximum Gasteiger partial charge on any atom is 0.147 e. The van der Waals surface area contributed by atoms with Gasteiger partial charge in [-0.2, -0.15) is 0 Å². The van der Waals surface area contributed by atoms with E-state index in [0.29, 0.717) is 13.2 Å². The number of aryl methyl sites for hydroxylation is 2. The van der Waals surface area contributed by atoms with Crippen molar-refractivity contribution in [2.45, 2.75) is 32.9 Å². The Morgan fingerprint density at radius 3 is 2.44 bits per heavy atom. The average Bonchev–Trinajstić information content (AvgIpc) is 3.22. The number of imidazole rings is 1. The lowest BCUT2D eigenvalue weighted by atomic mass is 10.1. The van der Waals surface area contributed by atoms with Crippen LogP contribution in [0.4, 0.5) is 0 Å². The van der Waals surface area contributed by atoms with E-state index in [1.165, 1.54) is 10.8 Å². The monoisotopic (exact) mass is 470 g/mol. The summed E-state index contributed by atoms with van der Waals surface area (Å²) in [6.07, 6.45) is 1.93. The quantitative estimate of drug-likeness (QED) is 0.208. The van der Waals surface area contributed by atoms with E-state index in [1.54, 1.807) is 0 Å². The van der Waals surface area contributed by atoms with Crippen molar-refractivity contribution >= 4 is 33.4 Å². The molecule has 0 fully saturated rings. The van der Waals surface area contributed by atoms with E-state index < -0.39 is 0 Å². The lowest BCUT2D eigenvalue weighted by Gasteiger charge is -2.12. The molecule has 34 heavy (non-hydrogen) atoms. The summed E-state index contributed by atoms with van der Waals surface area (Å²) >= 11 is 6.10. The smallest absolute Gasteiger partial charge is 0.147 e. The zero-order valence-corrected chi connectivity index (χ0v) is 20.0. The molecule has 4 nitrogen and oxygen atoms in total. The summed E-state index contributed by atoms with van der Waals surface area (Å²) in [5.41, 5.74) is 3.15. The number of nitrogens with zero attached hydrogens (tertiary/aromatic N) is 2. The van der Waals surface area contributed by atoms with E-state index in [-0.39, 0.29) is 0 Å². The molecule has 0 atom stereocenters. The van der Waals surface area contributed by atoms with E-state index in [2.05, 4.69) is 47.0 Å². The van der Waals surface area contributed by atoms with Gasteiger partial charge < -0.3 is 14.0 Å². The lowest BCUT2D eigenvalue weighted by Crippen LogP contribution is -2.09. The van der Waals surface area contributed by atoms with Gasteiger partial charge in [-0.25, -0.2) is 4.98 Å². The second-order valence-corrected chi connectivity index (χ2v) is 8.84. The van der Waals surface area contributed by atoms with Crippen molar-refractivity contribution in [1.82, 2.24) is 9.55 Å². The summed E-state index contributed by atoms with van der Waals surface area (Å²) in [5, 5.41) is 3.14. The van der Waals surface area contributed by atoms with Gasteiger partial charge in [-0.15, -0.1) is 0 Å².